The van der Waals surface area contributed by atoms with Crippen LogP contribution in [0.2, 0.25) is 0 Å². The molecule has 1 saturated heterocycles. The van der Waals surface area contributed by atoms with Crippen LogP contribution in [0.1, 0.15) is 27.2 Å². The lowest BCUT2D eigenvalue weighted by molar-refractivity contribution is -0.143. The Morgan fingerprint density at radius 1 is 1.67 bits per heavy atom. The van der Waals surface area contributed by atoms with Gasteiger partial charge in [0.05, 0.1) is 5.92 Å². The van der Waals surface area contributed by atoms with Crippen LogP contribution in [0, 0.1) is 11.8 Å². The maximum absolute atomic E-state index is 10.8. The number of thioether (sulfide) groups is 1. The molecule has 0 bridgehead atoms. The van der Waals surface area contributed by atoms with Crippen molar-refractivity contribution in [1.29, 1.82) is 0 Å². The number of hydrogen-bond donors (Lipinski definition) is 1. The molecule has 1 aliphatic heterocycles. The summed E-state index contributed by atoms with van der Waals surface area (Å²) in [7, 11) is 0. The summed E-state index contributed by atoms with van der Waals surface area (Å²) >= 11 is 1.89. The molecular weight excluding hydrogens is 172 g/mol. The molecule has 12 heavy (non-hydrogen) atoms. The molecule has 0 aliphatic carbocycles. The van der Waals surface area contributed by atoms with Gasteiger partial charge in [0.1, 0.15) is 0 Å². The number of rotatable bonds is 2. The maximum Gasteiger partial charge on any atom is 0.306 e. The van der Waals surface area contributed by atoms with Crippen LogP contribution in [0.5, 0.6) is 0 Å². The monoisotopic (exact) mass is 188 g/mol. The van der Waals surface area contributed by atoms with Crippen molar-refractivity contribution in [3.63, 3.8) is 0 Å². The van der Waals surface area contributed by atoms with Gasteiger partial charge in [-0.15, -0.1) is 0 Å². The highest BCUT2D eigenvalue weighted by atomic mass is 32.2. The summed E-state index contributed by atoms with van der Waals surface area (Å²) in [4.78, 5) is 10.8. The first-order valence-electron chi connectivity index (χ1n) is 4.32. The van der Waals surface area contributed by atoms with Crippen LogP contribution >= 0.6 is 11.8 Å². The molecule has 1 heterocycles. The minimum Gasteiger partial charge on any atom is -0.481 e. The molecular formula is C9H16O2S. The number of aliphatic carboxylic acids is 1. The Bertz CT molecular complexity index is 189. The molecule has 0 aromatic heterocycles. The smallest absolute Gasteiger partial charge is 0.306 e. The average Bonchev–Trinajstić information content (AvgIpc) is 2.27. The third kappa shape index (κ3) is 1.76. The quantitative estimate of drug-likeness (QED) is 0.722. The first-order chi connectivity index (χ1) is 5.45. The lowest BCUT2D eigenvalue weighted by Gasteiger charge is -2.28. The summed E-state index contributed by atoms with van der Waals surface area (Å²) in [6.07, 6.45) is 1.05. The van der Waals surface area contributed by atoms with Crippen molar-refractivity contribution >= 4 is 17.7 Å². The molecule has 0 saturated carbocycles. The van der Waals surface area contributed by atoms with E-state index in [4.69, 9.17) is 5.11 Å². The molecule has 1 aliphatic rings. The summed E-state index contributed by atoms with van der Waals surface area (Å²) in [6, 6.07) is 0. The van der Waals surface area contributed by atoms with E-state index in [-0.39, 0.29) is 10.7 Å². The van der Waals surface area contributed by atoms with E-state index in [1.807, 2.05) is 18.7 Å². The Labute approximate surface area is 77.7 Å². The van der Waals surface area contributed by atoms with Gasteiger partial charge in [-0.2, -0.15) is 11.8 Å². The summed E-state index contributed by atoms with van der Waals surface area (Å²) < 4.78 is 0.151. The van der Waals surface area contributed by atoms with E-state index in [0.717, 1.165) is 12.2 Å². The number of carbonyl (C=O) groups is 1. The summed E-state index contributed by atoms with van der Waals surface area (Å²) in [6.45, 7) is 6.12. The molecule has 70 valence electrons. The number of carboxylic acid groups (broad SMARTS) is 1. The Balaban J connectivity index is 2.68. The summed E-state index contributed by atoms with van der Waals surface area (Å²) in [5.41, 5.74) is 0. The Morgan fingerprint density at radius 3 is 2.58 bits per heavy atom. The largest absolute Gasteiger partial charge is 0.481 e. The molecule has 1 rings (SSSR count). The van der Waals surface area contributed by atoms with Crippen LogP contribution in [0.3, 0.4) is 0 Å². The topological polar surface area (TPSA) is 37.3 Å². The molecule has 0 aromatic carbocycles. The first-order valence-corrected chi connectivity index (χ1v) is 5.30. The SMILES string of the molecule is CC(C(=O)O)C1CCSC1(C)C. The van der Waals surface area contributed by atoms with Gasteiger partial charge in [0.25, 0.3) is 0 Å². The van der Waals surface area contributed by atoms with E-state index in [1.54, 1.807) is 0 Å². The Morgan fingerprint density at radius 2 is 2.25 bits per heavy atom. The van der Waals surface area contributed by atoms with Crippen LogP contribution in [0.4, 0.5) is 0 Å². The molecule has 0 spiro atoms. The Kier molecular flexibility index (Phi) is 2.71. The highest BCUT2D eigenvalue weighted by Gasteiger charge is 2.40. The zero-order valence-corrected chi connectivity index (χ0v) is 8.65. The normalized spacial score (nSPS) is 30.1. The summed E-state index contributed by atoms with van der Waals surface area (Å²) in [5.74, 6) is 0.584. The second-order valence-electron chi connectivity index (χ2n) is 3.97. The van der Waals surface area contributed by atoms with Crippen molar-refractivity contribution in [3.05, 3.63) is 0 Å². The van der Waals surface area contributed by atoms with Crippen molar-refractivity contribution in [1.82, 2.24) is 0 Å². The van der Waals surface area contributed by atoms with Gasteiger partial charge in [0.15, 0.2) is 0 Å². The number of hydrogen-bond acceptors (Lipinski definition) is 2. The molecule has 3 heteroatoms. The minimum absolute atomic E-state index is 0.151. The van der Waals surface area contributed by atoms with Gasteiger partial charge in [-0.3, -0.25) is 4.79 Å². The van der Waals surface area contributed by atoms with Crippen molar-refractivity contribution < 1.29 is 9.90 Å². The van der Waals surface area contributed by atoms with Gasteiger partial charge in [-0.05, 0) is 18.1 Å². The fraction of sp³-hybridized carbons (Fsp3) is 0.889. The predicted molar refractivity (Wildman–Crippen MR) is 51.4 cm³/mol. The average molecular weight is 188 g/mol. The first kappa shape index (κ1) is 9.90. The third-order valence-corrected chi connectivity index (χ3v) is 4.28. The minimum atomic E-state index is -0.657. The molecule has 2 unspecified atom stereocenters. The standard InChI is InChI=1S/C9H16O2S/c1-6(8(10)11)7-4-5-12-9(7,2)3/h6-7H,4-5H2,1-3H3,(H,10,11). The molecule has 2 atom stereocenters. The molecule has 1 fully saturated rings. The highest BCUT2D eigenvalue weighted by molar-refractivity contribution is 8.00. The fourth-order valence-electron chi connectivity index (χ4n) is 1.93. The second kappa shape index (κ2) is 3.29. The molecule has 1 N–H and O–H groups in total. The van der Waals surface area contributed by atoms with Crippen molar-refractivity contribution in [3.8, 4) is 0 Å². The van der Waals surface area contributed by atoms with Gasteiger partial charge in [0.2, 0.25) is 0 Å². The van der Waals surface area contributed by atoms with E-state index >= 15 is 0 Å². The summed E-state index contributed by atoms with van der Waals surface area (Å²) in [5, 5.41) is 8.87. The van der Waals surface area contributed by atoms with E-state index in [1.165, 1.54) is 0 Å². The van der Waals surface area contributed by atoms with Crippen LogP contribution in [-0.2, 0) is 4.79 Å². The fourth-order valence-corrected chi connectivity index (χ4v) is 3.36. The van der Waals surface area contributed by atoms with Crippen LogP contribution < -0.4 is 0 Å². The van der Waals surface area contributed by atoms with Gasteiger partial charge in [-0.1, -0.05) is 20.8 Å². The number of carboxylic acids is 1. The van der Waals surface area contributed by atoms with Crippen molar-refractivity contribution in [2.45, 2.75) is 31.9 Å². The van der Waals surface area contributed by atoms with Crippen molar-refractivity contribution in [2.75, 3.05) is 5.75 Å². The van der Waals surface area contributed by atoms with Gasteiger partial charge < -0.3 is 5.11 Å². The zero-order chi connectivity index (χ0) is 9.35. The van der Waals surface area contributed by atoms with E-state index in [9.17, 15) is 4.79 Å². The zero-order valence-electron chi connectivity index (χ0n) is 7.83. The maximum atomic E-state index is 10.8. The highest BCUT2D eigenvalue weighted by Crippen LogP contribution is 2.45. The lowest BCUT2D eigenvalue weighted by Crippen LogP contribution is -2.32. The van der Waals surface area contributed by atoms with Crippen LogP contribution in [-0.4, -0.2) is 21.6 Å². The van der Waals surface area contributed by atoms with E-state index < -0.39 is 5.97 Å². The van der Waals surface area contributed by atoms with Crippen LogP contribution in [0.15, 0.2) is 0 Å². The molecule has 2 nitrogen and oxygen atoms in total. The van der Waals surface area contributed by atoms with E-state index in [0.29, 0.717) is 5.92 Å². The van der Waals surface area contributed by atoms with Gasteiger partial charge in [-0.25, -0.2) is 0 Å². The Hall–Kier alpha value is -0.180. The molecule has 0 aromatic rings. The van der Waals surface area contributed by atoms with Crippen molar-refractivity contribution in [2.24, 2.45) is 11.8 Å². The van der Waals surface area contributed by atoms with Gasteiger partial charge in [0, 0.05) is 4.75 Å². The second-order valence-corrected chi connectivity index (χ2v) is 5.72. The van der Waals surface area contributed by atoms with E-state index in [2.05, 4.69) is 13.8 Å². The van der Waals surface area contributed by atoms with Gasteiger partial charge >= 0.3 is 5.97 Å². The van der Waals surface area contributed by atoms with Crippen LogP contribution in [0.25, 0.3) is 0 Å². The predicted octanol–water partition coefficient (Wildman–Crippen LogP) is 2.24. The third-order valence-electron chi connectivity index (χ3n) is 2.79. The molecule has 0 radical (unpaired) electrons. The lowest BCUT2D eigenvalue weighted by atomic mass is 9.82. The molecule has 0 amide bonds.